The van der Waals surface area contributed by atoms with Crippen LogP contribution in [-0.2, 0) is 12.7 Å². The Hall–Kier alpha value is -3.78. The number of benzene rings is 3. The molecule has 4 aromatic rings. The molecule has 0 aliphatic rings. The summed E-state index contributed by atoms with van der Waals surface area (Å²) in [7, 11) is 0. The van der Waals surface area contributed by atoms with Crippen LogP contribution >= 0.6 is 11.6 Å². The monoisotopic (exact) mass is 471 g/mol. The molecule has 4 rings (SSSR count). The minimum Gasteiger partial charge on any atom is -0.507 e. The molecule has 0 saturated heterocycles. The highest BCUT2D eigenvalue weighted by Gasteiger charge is 2.30. The standard InChI is InChI=1S/C24H17ClF3N3O2/c25-18-8-9-20(22(32)11-18)23(33)30-29-12-16-14-31(21-7-2-1-6-19(16)21)13-15-4-3-5-17(10-15)24(26,27)28/h1-12,14,32H,13H2,(H,30,33)/b29-12-. The molecule has 168 valence electrons. The van der Waals surface area contributed by atoms with Gasteiger partial charge < -0.3 is 9.67 Å². The Kier molecular flexibility index (Phi) is 6.11. The molecule has 0 saturated carbocycles. The van der Waals surface area contributed by atoms with Gasteiger partial charge in [0.1, 0.15) is 5.75 Å². The molecule has 9 heteroatoms. The van der Waals surface area contributed by atoms with Gasteiger partial charge >= 0.3 is 6.18 Å². The lowest BCUT2D eigenvalue weighted by molar-refractivity contribution is -0.137. The Bertz CT molecular complexity index is 1360. The molecule has 0 atom stereocenters. The van der Waals surface area contributed by atoms with Crippen molar-refractivity contribution in [3.63, 3.8) is 0 Å². The van der Waals surface area contributed by atoms with Gasteiger partial charge in [-0.25, -0.2) is 5.43 Å². The number of nitrogens with one attached hydrogen (secondary N) is 1. The van der Waals surface area contributed by atoms with E-state index in [2.05, 4.69) is 10.5 Å². The molecule has 0 spiro atoms. The number of amides is 1. The molecule has 1 aromatic heterocycles. The summed E-state index contributed by atoms with van der Waals surface area (Å²) in [5.41, 5.74) is 3.63. The van der Waals surface area contributed by atoms with Crippen LogP contribution in [0.2, 0.25) is 5.02 Å². The molecule has 33 heavy (non-hydrogen) atoms. The van der Waals surface area contributed by atoms with Crippen molar-refractivity contribution in [3.8, 4) is 5.75 Å². The molecule has 0 radical (unpaired) electrons. The van der Waals surface area contributed by atoms with E-state index in [-0.39, 0.29) is 17.9 Å². The SMILES string of the molecule is O=C(N/N=C\c1cn(Cc2cccc(C(F)(F)F)c2)c2ccccc12)c1ccc(Cl)cc1O. The number of carbonyl (C=O) groups excluding carboxylic acids is 1. The summed E-state index contributed by atoms with van der Waals surface area (Å²) in [6.07, 6.45) is -1.22. The number of fused-ring (bicyclic) bond motifs is 1. The second-order valence-corrected chi connectivity index (χ2v) is 7.72. The average Bonchev–Trinajstić information content (AvgIpc) is 3.11. The highest BCUT2D eigenvalue weighted by atomic mass is 35.5. The number of halogens is 4. The van der Waals surface area contributed by atoms with Crippen LogP contribution in [0, 0.1) is 0 Å². The fourth-order valence-corrected chi connectivity index (χ4v) is 3.64. The average molecular weight is 472 g/mol. The molecule has 0 bridgehead atoms. The minimum absolute atomic E-state index is 0.0172. The van der Waals surface area contributed by atoms with E-state index in [1.165, 1.54) is 30.5 Å². The molecular formula is C24H17ClF3N3O2. The van der Waals surface area contributed by atoms with Crippen LogP contribution in [-0.4, -0.2) is 21.8 Å². The normalized spacial score (nSPS) is 11.9. The zero-order valence-corrected chi connectivity index (χ0v) is 17.7. The van der Waals surface area contributed by atoms with Gasteiger partial charge in [0, 0.05) is 34.2 Å². The maximum Gasteiger partial charge on any atom is 0.416 e. The number of aromatic hydroxyl groups is 1. The highest BCUT2D eigenvalue weighted by Crippen LogP contribution is 2.30. The van der Waals surface area contributed by atoms with Crippen LogP contribution in [0.4, 0.5) is 13.2 Å². The van der Waals surface area contributed by atoms with Crippen molar-refractivity contribution in [1.29, 1.82) is 0 Å². The quantitative estimate of drug-likeness (QED) is 0.284. The summed E-state index contributed by atoms with van der Waals surface area (Å²) < 4.78 is 41.0. The molecule has 5 nitrogen and oxygen atoms in total. The van der Waals surface area contributed by atoms with E-state index >= 15 is 0 Å². The molecular weight excluding hydrogens is 455 g/mol. The zero-order chi connectivity index (χ0) is 23.6. The smallest absolute Gasteiger partial charge is 0.416 e. The maximum absolute atomic E-state index is 13.1. The van der Waals surface area contributed by atoms with E-state index in [0.717, 1.165) is 23.0 Å². The summed E-state index contributed by atoms with van der Waals surface area (Å²) in [5.74, 6) is -0.888. The molecule has 0 aliphatic heterocycles. The topological polar surface area (TPSA) is 66.6 Å². The van der Waals surface area contributed by atoms with Crippen LogP contribution in [0.1, 0.15) is 27.0 Å². The molecule has 0 unspecified atom stereocenters. The number of phenols is 1. The molecule has 0 fully saturated rings. The number of hydrogen-bond acceptors (Lipinski definition) is 3. The van der Waals surface area contributed by atoms with Gasteiger partial charge in [0.25, 0.3) is 5.91 Å². The second kappa shape index (κ2) is 8.99. The van der Waals surface area contributed by atoms with Crippen molar-refractivity contribution in [2.45, 2.75) is 12.7 Å². The first kappa shape index (κ1) is 22.4. The predicted molar refractivity (Wildman–Crippen MR) is 121 cm³/mol. The third-order valence-electron chi connectivity index (χ3n) is 5.00. The van der Waals surface area contributed by atoms with E-state index in [4.69, 9.17) is 11.6 Å². The first-order chi connectivity index (χ1) is 15.7. The van der Waals surface area contributed by atoms with Crippen LogP contribution < -0.4 is 5.43 Å². The van der Waals surface area contributed by atoms with Crippen molar-refractivity contribution in [2.75, 3.05) is 0 Å². The van der Waals surface area contributed by atoms with Crippen molar-refractivity contribution in [3.05, 3.63) is 100 Å². The Labute approximate surface area is 191 Å². The second-order valence-electron chi connectivity index (χ2n) is 7.29. The highest BCUT2D eigenvalue weighted by molar-refractivity contribution is 6.30. The van der Waals surface area contributed by atoms with Gasteiger partial charge in [-0.2, -0.15) is 18.3 Å². The van der Waals surface area contributed by atoms with Gasteiger partial charge in [-0.3, -0.25) is 4.79 Å². The van der Waals surface area contributed by atoms with Crippen molar-refractivity contribution in [1.82, 2.24) is 9.99 Å². The number of phenolic OH excluding ortho intramolecular Hbond substituents is 1. The largest absolute Gasteiger partial charge is 0.507 e. The molecule has 1 heterocycles. The number of alkyl halides is 3. The van der Waals surface area contributed by atoms with Gasteiger partial charge in [0.05, 0.1) is 17.3 Å². The third kappa shape index (κ3) is 5.01. The van der Waals surface area contributed by atoms with Gasteiger partial charge in [0.15, 0.2) is 0 Å². The van der Waals surface area contributed by atoms with Crippen molar-refractivity contribution in [2.24, 2.45) is 5.10 Å². The molecule has 3 aromatic carbocycles. The summed E-state index contributed by atoms with van der Waals surface area (Å²) in [6.45, 7) is 0.225. The van der Waals surface area contributed by atoms with Crippen molar-refractivity contribution < 1.29 is 23.1 Å². The van der Waals surface area contributed by atoms with E-state index in [1.807, 2.05) is 28.8 Å². The Balaban J connectivity index is 1.58. The van der Waals surface area contributed by atoms with E-state index in [1.54, 1.807) is 12.3 Å². The molecule has 2 N–H and O–H groups in total. The Morgan fingerprint density at radius 2 is 1.88 bits per heavy atom. The number of hydrazone groups is 1. The number of nitrogens with zero attached hydrogens (tertiary/aromatic N) is 2. The van der Waals surface area contributed by atoms with Crippen LogP contribution in [0.5, 0.6) is 5.75 Å². The summed E-state index contributed by atoms with van der Waals surface area (Å²) >= 11 is 5.77. The van der Waals surface area contributed by atoms with Gasteiger partial charge in [-0.05, 0) is 42.0 Å². The number of carbonyl (C=O) groups is 1. The van der Waals surface area contributed by atoms with Crippen LogP contribution in [0.15, 0.2) is 78.0 Å². The number of hydrogen-bond donors (Lipinski definition) is 2. The summed E-state index contributed by atoms with van der Waals surface area (Å²) in [6, 6.07) is 16.7. The fraction of sp³-hybridized carbons (Fsp3) is 0.0833. The predicted octanol–water partition coefficient (Wildman–Crippen LogP) is 5.83. The summed E-state index contributed by atoms with van der Waals surface area (Å²) in [5, 5.41) is 14.9. The van der Waals surface area contributed by atoms with Gasteiger partial charge in [-0.1, -0.05) is 41.9 Å². The third-order valence-corrected chi connectivity index (χ3v) is 5.24. The molecule has 1 amide bonds. The lowest BCUT2D eigenvalue weighted by atomic mass is 10.1. The van der Waals surface area contributed by atoms with Gasteiger partial charge in [-0.15, -0.1) is 0 Å². The Morgan fingerprint density at radius 3 is 2.64 bits per heavy atom. The minimum atomic E-state index is -4.41. The lowest BCUT2D eigenvalue weighted by Crippen LogP contribution is -2.17. The zero-order valence-electron chi connectivity index (χ0n) is 17.0. The lowest BCUT2D eigenvalue weighted by Gasteiger charge is -2.10. The first-order valence-corrected chi connectivity index (χ1v) is 10.2. The van der Waals surface area contributed by atoms with Crippen LogP contribution in [0.25, 0.3) is 10.9 Å². The van der Waals surface area contributed by atoms with Gasteiger partial charge in [0.2, 0.25) is 0 Å². The van der Waals surface area contributed by atoms with Crippen LogP contribution in [0.3, 0.4) is 0 Å². The Morgan fingerprint density at radius 1 is 1.09 bits per heavy atom. The fourth-order valence-electron chi connectivity index (χ4n) is 3.47. The number of aromatic nitrogens is 1. The van der Waals surface area contributed by atoms with E-state index in [9.17, 15) is 23.1 Å². The summed E-state index contributed by atoms with van der Waals surface area (Å²) in [4.78, 5) is 12.3. The molecule has 0 aliphatic carbocycles. The number of para-hydroxylation sites is 1. The number of rotatable bonds is 5. The van der Waals surface area contributed by atoms with Crippen molar-refractivity contribution >= 4 is 34.6 Å². The first-order valence-electron chi connectivity index (χ1n) is 9.78. The van der Waals surface area contributed by atoms with E-state index in [0.29, 0.717) is 16.1 Å². The van der Waals surface area contributed by atoms with E-state index < -0.39 is 17.6 Å². The maximum atomic E-state index is 13.1.